The molecule has 1 amide bonds. The molecule has 0 spiro atoms. The van der Waals surface area contributed by atoms with E-state index in [1.54, 1.807) is 16.2 Å². The molecule has 0 radical (unpaired) electrons. The second-order valence-corrected chi connectivity index (χ2v) is 6.96. The van der Waals surface area contributed by atoms with Crippen molar-refractivity contribution in [2.75, 3.05) is 13.2 Å². The Morgan fingerprint density at radius 3 is 2.70 bits per heavy atom. The molecule has 5 heteroatoms. The van der Waals surface area contributed by atoms with Crippen LogP contribution < -0.4 is 0 Å². The van der Waals surface area contributed by atoms with Crippen molar-refractivity contribution < 1.29 is 9.90 Å². The van der Waals surface area contributed by atoms with Gasteiger partial charge in [-0.1, -0.05) is 19.3 Å². The monoisotopic (exact) mass is 294 g/mol. The van der Waals surface area contributed by atoms with E-state index in [0.717, 1.165) is 28.5 Å². The van der Waals surface area contributed by atoms with Gasteiger partial charge < -0.3 is 10.0 Å². The molecule has 0 aromatic carbocycles. The summed E-state index contributed by atoms with van der Waals surface area (Å²) in [6.07, 6.45) is 7.23. The van der Waals surface area contributed by atoms with Crippen molar-refractivity contribution in [2.24, 2.45) is 0 Å². The van der Waals surface area contributed by atoms with E-state index < -0.39 is 0 Å². The molecule has 1 aliphatic heterocycles. The zero-order valence-electron chi connectivity index (χ0n) is 12.0. The number of carbonyl (C=O) groups excluding carboxylic acids is 1. The van der Waals surface area contributed by atoms with Crippen molar-refractivity contribution in [3.8, 4) is 0 Å². The summed E-state index contributed by atoms with van der Waals surface area (Å²) in [6.45, 7) is 2.77. The molecule has 1 aromatic rings. The maximum Gasteiger partial charge on any atom is 0.266 e. The summed E-state index contributed by atoms with van der Waals surface area (Å²) in [7, 11) is 0. The van der Waals surface area contributed by atoms with Gasteiger partial charge in [-0.3, -0.25) is 4.79 Å². The standard InChI is InChI=1S/C15H22N2O2S/c1-10-13(15(19)17-8-7-12(17)9-18)20-14(16-10)11-5-3-2-4-6-11/h11-12,18H,2-9H2,1H3. The first kappa shape index (κ1) is 14.0. The van der Waals surface area contributed by atoms with E-state index >= 15 is 0 Å². The van der Waals surface area contributed by atoms with Gasteiger partial charge in [0.05, 0.1) is 23.4 Å². The van der Waals surface area contributed by atoms with Crippen molar-refractivity contribution in [3.63, 3.8) is 0 Å². The second-order valence-electron chi connectivity index (χ2n) is 5.93. The number of aryl methyl sites for hydroxylation is 1. The molecule has 110 valence electrons. The van der Waals surface area contributed by atoms with E-state index in [4.69, 9.17) is 0 Å². The van der Waals surface area contributed by atoms with Crippen molar-refractivity contribution in [3.05, 3.63) is 15.6 Å². The highest BCUT2D eigenvalue weighted by atomic mass is 32.1. The van der Waals surface area contributed by atoms with Gasteiger partial charge in [0.15, 0.2) is 0 Å². The highest BCUT2D eigenvalue weighted by molar-refractivity contribution is 7.13. The van der Waals surface area contributed by atoms with Crippen LogP contribution in [0.4, 0.5) is 0 Å². The van der Waals surface area contributed by atoms with Gasteiger partial charge in [0.25, 0.3) is 5.91 Å². The molecular weight excluding hydrogens is 272 g/mol. The fraction of sp³-hybridized carbons (Fsp3) is 0.733. The van der Waals surface area contributed by atoms with Crippen LogP contribution in [0.3, 0.4) is 0 Å². The first-order valence-electron chi connectivity index (χ1n) is 7.60. The fourth-order valence-electron chi connectivity index (χ4n) is 3.17. The third-order valence-corrected chi connectivity index (χ3v) is 5.89. The zero-order chi connectivity index (χ0) is 14.1. The molecule has 2 fully saturated rings. The summed E-state index contributed by atoms with van der Waals surface area (Å²) in [4.78, 5) is 19.7. The van der Waals surface area contributed by atoms with Gasteiger partial charge in [-0.15, -0.1) is 11.3 Å². The number of likely N-dealkylation sites (tertiary alicyclic amines) is 1. The second kappa shape index (κ2) is 5.82. The molecule has 2 heterocycles. The Morgan fingerprint density at radius 2 is 2.10 bits per heavy atom. The number of rotatable bonds is 3. The highest BCUT2D eigenvalue weighted by Gasteiger charge is 2.34. The van der Waals surface area contributed by atoms with Crippen LogP contribution in [0.25, 0.3) is 0 Å². The predicted molar refractivity (Wildman–Crippen MR) is 79.2 cm³/mol. The Morgan fingerprint density at radius 1 is 1.35 bits per heavy atom. The van der Waals surface area contributed by atoms with E-state index in [1.165, 1.54) is 32.1 Å². The van der Waals surface area contributed by atoms with Gasteiger partial charge in [0, 0.05) is 12.5 Å². The van der Waals surface area contributed by atoms with E-state index in [-0.39, 0.29) is 18.6 Å². The number of nitrogens with zero attached hydrogens (tertiary/aromatic N) is 2. The van der Waals surface area contributed by atoms with Gasteiger partial charge in [-0.2, -0.15) is 0 Å². The molecule has 20 heavy (non-hydrogen) atoms. The smallest absolute Gasteiger partial charge is 0.266 e. The molecule has 2 aliphatic rings. The Balaban J connectivity index is 1.76. The minimum absolute atomic E-state index is 0.0159. The van der Waals surface area contributed by atoms with Gasteiger partial charge in [0.2, 0.25) is 0 Å². The molecule has 4 nitrogen and oxygen atoms in total. The number of amides is 1. The molecule has 1 unspecified atom stereocenters. The molecule has 1 saturated carbocycles. The molecule has 1 atom stereocenters. The summed E-state index contributed by atoms with van der Waals surface area (Å²) in [5.74, 6) is 0.617. The van der Waals surface area contributed by atoms with E-state index in [0.29, 0.717) is 5.92 Å². The van der Waals surface area contributed by atoms with Crippen LogP contribution in [0.5, 0.6) is 0 Å². The van der Waals surface area contributed by atoms with Crippen LogP contribution in [0.2, 0.25) is 0 Å². The van der Waals surface area contributed by atoms with Crippen LogP contribution in [0, 0.1) is 6.92 Å². The first-order chi connectivity index (χ1) is 9.70. The largest absolute Gasteiger partial charge is 0.394 e. The van der Waals surface area contributed by atoms with Crippen molar-refractivity contribution in [2.45, 2.75) is 57.4 Å². The van der Waals surface area contributed by atoms with Crippen molar-refractivity contribution >= 4 is 17.2 Å². The molecule has 1 aromatic heterocycles. The topological polar surface area (TPSA) is 53.4 Å². The average Bonchev–Trinajstić information content (AvgIpc) is 2.81. The molecular formula is C15H22N2O2S. The van der Waals surface area contributed by atoms with Gasteiger partial charge in [-0.25, -0.2) is 4.98 Å². The minimum atomic E-state index is 0.0159. The number of aromatic nitrogens is 1. The first-order valence-corrected chi connectivity index (χ1v) is 8.41. The Labute approximate surface area is 123 Å². The normalized spacial score (nSPS) is 23.7. The number of aliphatic hydroxyl groups is 1. The highest BCUT2D eigenvalue weighted by Crippen LogP contribution is 2.36. The summed E-state index contributed by atoms with van der Waals surface area (Å²) < 4.78 is 0. The van der Waals surface area contributed by atoms with E-state index in [1.807, 2.05) is 6.92 Å². The maximum atomic E-state index is 12.5. The Bertz CT molecular complexity index is 492. The lowest BCUT2D eigenvalue weighted by atomic mass is 9.90. The molecule has 0 bridgehead atoms. The van der Waals surface area contributed by atoms with Crippen LogP contribution in [-0.4, -0.2) is 40.1 Å². The van der Waals surface area contributed by atoms with E-state index in [2.05, 4.69) is 4.98 Å². The van der Waals surface area contributed by atoms with Gasteiger partial charge in [0.1, 0.15) is 4.88 Å². The zero-order valence-corrected chi connectivity index (χ0v) is 12.8. The quantitative estimate of drug-likeness (QED) is 0.932. The van der Waals surface area contributed by atoms with Crippen LogP contribution >= 0.6 is 11.3 Å². The number of hydrogen-bond acceptors (Lipinski definition) is 4. The molecule has 3 rings (SSSR count). The fourth-order valence-corrected chi connectivity index (χ4v) is 4.36. The lowest BCUT2D eigenvalue weighted by Crippen LogP contribution is -2.52. The number of hydrogen-bond donors (Lipinski definition) is 1. The van der Waals surface area contributed by atoms with Crippen molar-refractivity contribution in [1.29, 1.82) is 0 Å². The molecule has 1 aliphatic carbocycles. The van der Waals surface area contributed by atoms with Crippen LogP contribution in [0.1, 0.15) is 64.8 Å². The Kier molecular flexibility index (Phi) is 4.08. The van der Waals surface area contributed by atoms with Gasteiger partial charge >= 0.3 is 0 Å². The summed E-state index contributed by atoms with van der Waals surface area (Å²) in [5, 5.41) is 10.4. The third-order valence-electron chi connectivity index (χ3n) is 4.58. The van der Waals surface area contributed by atoms with E-state index in [9.17, 15) is 9.90 Å². The third kappa shape index (κ3) is 2.49. The summed E-state index contributed by atoms with van der Waals surface area (Å²) >= 11 is 1.58. The summed E-state index contributed by atoms with van der Waals surface area (Å²) in [6, 6.07) is 0.0159. The Hall–Kier alpha value is -0.940. The number of carbonyl (C=O) groups is 1. The van der Waals surface area contributed by atoms with Crippen LogP contribution in [-0.2, 0) is 0 Å². The lowest BCUT2D eigenvalue weighted by molar-refractivity contribution is 0.0299. The van der Waals surface area contributed by atoms with Crippen LogP contribution in [0.15, 0.2) is 0 Å². The van der Waals surface area contributed by atoms with Crippen molar-refractivity contribution in [1.82, 2.24) is 9.88 Å². The SMILES string of the molecule is Cc1nc(C2CCCCC2)sc1C(=O)N1CCC1CO. The minimum Gasteiger partial charge on any atom is -0.394 e. The number of aliphatic hydroxyl groups excluding tert-OH is 1. The average molecular weight is 294 g/mol. The lowest BCUT2D eigenvalue weighted by Gasteiger charge is -2.39. The van der Waals surface area contributed by atoms with Gasteiger partial charge in [-0.05, 0) is 26.2 Å². The maximum absolute atomic E-state index is 12.5. The molecule has 1 saturated heterocycles. The molecule has 1 N–H and O–H groups in total. The summed E-state index contributed by atoms with van der Waals surface area (Å²) in [5.41, 5.74) is 0.865. The number of thiazole rings is 1. The predicted octanol–water partition coefficient (Wildman–Crippen LogP) is 2.71.